The zero-order chi connectivity index (χ0) is 21.5. The minimum atomic E-state index is -4.02. The number of H-pyrrole nitrogens is 1. The Morgan fingerprint density at radius 3 is 2.40 bits per heavy atom. The van der Waals surface area contributed by atoms with Gasteiger partial charge in [-0.05, 0) is 29.8 Å². The molecule has 152 valence electrons. The fourth-order valence-corrected chi connectivity index (χ4v) is 3.75. The smallest absolute Gasteiger partial charge is 0.279 e. The van der Waals surface area contributed by atoms with Crippen LogP contribution in [-0.2, 0) is 14.8 Å². The lowest BCUT2D eigenvalue weighted by molar-refractivity contribution is -0.117. The lowest BCUT2D eigenvalue weighted by Crippen LogP contribution is -2.45. The first-order valence-corrected chi connectivity index (χ1v) is 10.2. The van der Waals surface area contributed by atoms with Crippen LogP contribution in [0.15, 0.2) is 70.4 Å². The van der Waals surface area contributed by atoms with E-state index >= 15 is 0 Å². The second kappa shape index (κ2) is 7.21. The van der Waals surface area contributed by atoms with E-state index in [1.807, 2.05) is 0 Å². The summed E-state index contributed by atoms with van der Waals surface area (Å²) >= 11 is 0. The Kier molecular flexibility index (Phi) is 4.68. The molecular formula is C19H15N5O5S. The van der Waals surface area contributed by atoms with Gasteiger partial charge in [-0.15, -0.1) is 0 Å². The third kappa shape index (κ3) is 3.47. The summed E-state index contributed by atoms with van der Waals surface area (Å²) in [4.78, 5) is 38.6. The molecule has 1 aliphatic rings. The molecule has 0 saturated carbocycles. The van der Waals surface area contributed by atoms with Crippen LogP contribution in [0.25, 0.3) is 0 Å². The fraction of sp³-hybridized carbons (Fsp3) is 0.0526. The maximum Gasteiger partial charge on any atom is 0.279 e. The molecule has 0 spiro atoms. The first kappa shape index (κ1) is 19.5. The molecule has 2 aromatic carbocycles. The standard InChI is InChI=1S/C19H15N5O5S/c20-30(28,29)12-6-8-15-14(10-12)21-18(26)17(11-4-2-1-3-5-11)24(15)19(27)13-7-9-16(25)23-22-13/h1-10,17H,(H,21,26)(H,23,25)(H2,20,28,29). The van der Waals surface area contributed by atoms with Crippen LogP contribution in [0.2, 0.25) is 0 Å². The van der Waals surface area contributed by atoms with Gasteiger partial charge in [0.15, 0.2) is 0 Å². The van der Waals surface area contributed by atoms with E-state index in [1.54, 1.807) is 30.3 Å². The molecule has 10 nitrogen and oxygen atoms in total. The normalized spacial score (nSPS) is 16.0. The van der Waals surface area contributed by atoms with E-state index in [1.165, 1.54) is 29.2 Å². The van der Waals surface area contributed by atoms with Gasteiger partial charge in [0.1, 0.15) is 11.7 Å². The summed E-state index contributed by atoms with van der Waals surface area (Å²) < 4.78 is 23.4. The molecule has 2 heterocycles. The van der Waals surface area contributed by atoms with E-state index in [9.17, 15) is 22.8 Å². The Morgan fingerprint density at radius 1 is 1.03 bits per heavy atom. The van der Waals surface area contributed by atoms with Gasteiger partial charge in [-0.1, -0.05) is 30.3 Å². The topological polar surface area (TPSA) is 155 Å². The minimum absolute atomic E-state index is 0.0910. The summed E-state index contributed by atoms with van der Waals surface area (Å²) in [5.74, 6) is -1.20. The average Bonchev–Trinajstić information content (AvgIpc) is 2.72. The van der Waals surface area contributed by atoms with Gasteiger partial charge in [0.25, 0.3) is 17.4 Å². The lowest BCUT2D eigenvalue weighted by atomic mass is 9.99. The number of fused-ring (bicyclic) bond motifs is 1. The van der Waals surface area contributed by atoms with Crippen LogP contribution in [0.5, 0.6) is 0 Å². The number of anilines is 2. The SMILES string of the molecule is NS(=O)(=O)c1ccc2c(c1)NC(=O)C(c1ccccc1)N2C(=O)c1ccc(=O)[nH]n1. The lowest BCUT2D eigenvalue weighted by Gasteiger charge is -2.36. The monoisotopic (exact) mass is 425 g/mol. The van der Waals surface area contributed by atoms with E-state index in [4.69, 9.17) is 5.14 Å². The van der Waals surface area contributed by atoms with Crippen LogP contribution < -0.4 is 20.9 Å². The molecule has 1 atom stereocenters. The van der Waals surface area contributed by atoms with Crippen LogP contribution in [0.4, 0.5) is 11.4 Å². The first-order chi connectivity index (χ1) is 14.3. The number of carbonyl (C=O) groups excluding carboxylic acids is 2. The molecule has 0 saturated heterocycles. The van der Waals surface area contributed by atoms with Crippen LogP contribution in [0, 0.1) is 0 Å². The summed E-state index contributed by atoms with van der Waals surface area (Å²) in [5.41, 5.74) is 0.326. The number of nitrogens with zero attached hydrogens (tertiary/aromatic N) is 2. The molecule has 1 aliphatic heterocycles. The van der Waals surface area contributed by atoms with E-state index in [0.717, 1.165) is 6.07 Å². The number of primary sulfonamides is 1. The number of nitrogens with two attached hydrogens (primary N) is 1. The van der Waals surface area contributed by atoms with E-state index in [0.29, 0.717) is 5.56 Å². The molecule has 4 N–H and O–H groups in total. The second-order valence-corrected chi connectivity index (χ2v) is 8.07. The predicted octanol–water partition coefficient (Wildman–Crippen LogP) is 0.757. The Hall–Kier alpha value is -3.83. The molecule has 0 radical (unpaired) electrons. The van der Waals surface area contributed by atoms with Crippen LogP contribution in [0.1, 0.15) is 22.1 Å². The van der Waals surface area contributed by atoms with Gasteiger partial charge in [0.2, 0.25) is 10.0 Å². The van der Waals surface area contributed by atoms with Crippen molar-refractivity contribution in [3.05, 3.63) is 82.3 Å². The number of nitrogens with one attached hydrogen (secondary N) is 2. The molecule has 30 heavy (non-hydrogen) atoms. The highest BCUT2D eigenvalue weighted by atomic mass is 32.2. The number of benzene rings is 2. The maximum atomic E-state index is 13.3. The number of rotatable bonds is 3. The molecule has 3 aromatic rings. The summed E-state index contributed by atoms with van der Waals surface area (Å²) in [6.07, 6.45) is 0. The molecule has 11 heteroatoms. The largest absolute Gasteiger partial charge is 0.322 e. The maximum absolute atomic E-state index is 13.3. The fourth-order valence-electron chi connectivity index (χ4n) is 3.21. The Bertz CT molecular complexity index is 1300. The van der Waals surface area contributed by atoms with Crippen molar-refractivity contribution in [3.8, 4) is 0 Å². The van der Waals surface area contributed by atoms with Gasteiger partial charge in [0.05, 0.1) is 16.3 Å². The van der Waals surface area contributed by atoms with Gasteiger partial charge in [-0.3, -0.25) is 19.3 Å². The van der Waals surface area contributed by atoms with Gasteiger partial charge in [0, 0.05) is 6.07 Å². The zero-order valence-electron chi connectivity index (χ0n) is 15.3. The quantitative estimate of drug-likeness (QED) is 0.562. The summed E-state index contributed by atoms with van der Waals surface area (Å²) in [5, 5.41) is 13.8. The van der Waals surface area contributed by atoms with Gasteiger partial charge < -0.3 is 5.32 Å². The summed E-state index contributed by atoms with van der Waals surface area (Å²) in [7, 11) is -4.02. The van der Waals surface area contributed by atoms with E-state index in [2.05, 4.69) is 15.5 Å². The Labute approximate surface area is 170 Å². The Balaban J connectivity index is 1.91. The zero-order valence-corrected chi connectivity index (χ0v) is 16.1. The second-order valence-electron chi connectivity index (χ2n) is 6.51. The Morgan fingerprint density at radius 2 is 1.77 bits per heavy atom. The third-order valence-electron chi connectivity index (χ3n) is 4.55. The van der Waals surface area contributed by atoms with Crippen molar-refractivity contribution in [2.75, 3.05) is 10.2 Å². The van der Waals surface area contributed by atoms with Crippen molar-refractivity contribution < 1.29 is 18.0 Å². The van der Waals surface area contributed by atoms with Gasteiger partial charge in [-0.25, -0.2) is 18.7 Å². The molecule has 1 aromatic heterocycles. The highest BCUT2D eigenvalue weighted by molar-refractivity contribution is 7.89. The molecule has 0 fully saturated rings. The molecule has 0 bridgehead atoms. The van der Waals surface area contributed by atoms with Crippen LogP contribution in [-0.4, -0.2) is 30.4 Å². The number of amides is 2. The predicted molar refractivity (Wildman–Crippen MR) is 107 cm³/mol. The van der Waals surface area contributed by atoms with Crippen molar-refractivity contribution >= 4 is 33.2 Å². The summed E-state index contributed by atoms with van der Waals surface area (Å²) in [6, 6.07) is 13.8. The highest BCUT2D eigenvalue weighted by Crippen LogP contribution is 2.40. The van der Waals surface area contributed by atoms with Gasteiger partial charge >= 0.3 is 0 Å². The average molecular weight is 425 g/mol. The van der Waals surface area contributed by atoms with Crippen molar-refractivity contribution in [1.82, 2.24) is 10.2 Å². The molecule has 1 unspecified atom stereocenters. The molecular weight excluding hydrogens is 410 g/mol. The molecule has 4 rings (SSSR count). The number of carbonyl (C=O) groups is 2. The number of aromatic nitrogens is 2. The number of hydrogen-bond donors (Lipinski definition) is 3. The molecule has 0 aliphatic carbocycles. The summed E-state index contributed by atoms with van der Waals surface area (Å²) in [6.45, 7) is 0. The first-order valence-electron chi connectivity index (χ1n) is 8.67. The van der Waals surface area contributed by atoms with Crippen molar-refractivity contribution in [2.45, 2.75) is 10.9 Å². The third-order valence-corrected chi connectivity index (χ3v) is 5.46. The van der Waals surface area contributed by atoms with E-state index in [-0.39, 0.29) is 22.0 Å². The minimum Gasteiger partial charge on any atom is -0.322 e. The number of hydrogen-bond acceptors (Lipinski definition) is 6. The van der Waals surface area contributed by atoms with Crippen molar-refractivity contribution in [3.63, 3.8) is 0 Å². The molecule has 2 amide bonds. The van der Waals surface area contributed by atoms with Crippen LogP contribution in [0.3, 0.4) is 0 Å². The van der Waals surface area contributed by atoms with Crippen molar-refractivity contribution in [1.29, 1.82) is 0 Å². The van der Waals surface area contributed by atoms with E-state index < -0.39 is 33.4 Å². The number of aromatic amines is 1. The van der Waals surface area contributed by atoms with Gasteiger partial charge in [-0.2, -0.15) is 5.10 Å². The highest BCUT2D eigenvalue weighted by Gasteiger charge is 2.39. The van der Waals surface area contributed by atoms with Crippen LogP contribution >= 0.6 is 0 Å². The van der Waals surface area contributed by atoms with Crippen molar-refractivity contribution in [2.24, 2.45) is 5.14 Å². The number of sulfonamides is 1.